The van der Waals surface area contributed by atoms with E-state index in [-0.39, 0.29) is 11.9 Å². The summed E-state index contributed by atoms with van der Waals surface area (Å²) in [6.45, 7) is 1.68. The summed E-state index contributed by atoms with van der Waals surface area (Å²) in [5.41, 5.74) is 9.84. The first-order valence-corrected chi connectivity index (χ1v) is 7.16. The van der Waals surface area contributed by atoms with Crippen LogP contribution in [0.3, 0.4) is 0 Å². The van der Waals surface area contributed by atoms with Crippen LogP contribution < -0.4 is 5.73 Å². The van der Waals surface area contributed by atoms with Crippen molar-refractivity contribution in [1.29, 1.82) is 0 Å². The predicted molar refractivity (Wildman–Crippen MR) is 76.4 cm³/mol. The Morgan fingerprint density at radius 1 is 1.47 bits per heavy atom. The van der Waals surface area contributed by atoms with Gasteiger partial charge >= 0.3 is 0 Å². The zero-order valence-electron chi connectivity index (χ0n) is 10.9. The summed E-state index contributed by atoms with van der Waals surface area (Å²) < 4.78 is 13.1. The van der Waals surface area contributed by atoms with Crippen LogP contribution in [0.5, 0.6) is 0 Å². The summed E-state index contributed by atoms with van der Waals surface area (Å²) >= 11 is 1.60. The molecule has 5 heteroatoms. The highest BCUT2D eigenvalue weighted by Crippen LogP contribution is 2.15. The average molecular weight is 279 g/mol. The van der Waals surface area contributed by atoms with Gasteiger partial charge in [-0.1, -0.05) is 12.1 Å². The molecule has 0 saturated carbocycles. The molecule has 1 heterocycles. The molecule has 0 fully saturated rings. The van der Waals surface area contributed by atoms with Gasteiger partial charge in [0.05, 0.1) is 11.2 Å². The number of hydrogen-bond acceptors (Lipinski definition) is 4. The van der Waals surface area contributed by atoms with E-state index >= 15 is 0 Å². The van der Waals surface area contributed by atoms with Crippen molar-refractivity contribution in [3.8, 4) is 0 Å². The van der Waals surface area contributed by atoms with E-state index in [0.29, 0.717) is 0 Å². The van der Waals surface area contributed by atoms with Gasteiger partial charge in [0.15, 0.2) is 0 Å². The maximum atomic E-state index is 13.1. The number of nitrogens with two attached hydrogens (primary N) is 1. The molecule has 0 saturated heterocycles. The summed E-state index contributed by atoms with van der Waals surface area (Å²) in [5, 5.41) is 2.04. The normalized spacial score (nSPS) is 12.8. The second-order valence-electron chi connectivity index (χ2n) is 4.67. The Morgan fingerprint density at radius 2 is 2.32 bits per heavy atom. The molecule has 2 aromatic rings. The number of nitrogens with zero attached hydrogens (tertiary/aromatic N) is 2. The van der Waals surface area contributed by atoms with Crippen molar-refractivity contribution >= 4 is 11.3 Å². The third kappa shape index (κ3) is 4.38. The second kappa shape index (κ2) is 6.75. The zero-order valence-corrected chi connectivity index (χ0v) is 11.7. The number of hydrogen-bond donors (Lipinski definition) is 1. The molecular weight excluding hydrogens is 261 g/mol. The zero-order chi connectivity index (χ0) is 13.7. The second-order valence-corrected chi connectivity index (χ2v) is 5.39. The minimum Gasteiger partial charge on any atom is -0.324 e. The summed E-state index contributed by atoms with van der Waals surface area (Å²) in [5.74, 6) is -0.233. The smallest absolute Gasteiger partial charge is 0.123 e. The van der Waals surface area contributed by atoms with Gasteiger partial charge in [-0.05, 0) is 31.2 Å². The number of aromatic nitrogens is 1. The molecule has 102 valence electrons. The molecule has 1 aromatic heterocycles. The Morgan fingerprint density at radius 3 is 3.00 bits per heavy atom. The standard InChI is InChI=1S/C14H18FN3S/c1-18(8-13-9-19-10-17-13)6-5-14(16)11-3-2-4-12(15)7-11/h2-4,7,9-10,14H,5-6,8,16H2,1H3. The Hall–Kier alpha value is -1.30. The van der Waals surface area contributed by atoms with Crippen molar-refractivity contribution < 1.29 is 4.39 Å². The first kappa shape index (κ1) is 14.1. The quantitative estimate of drug-likeness (QED) is 0.884. The van der Waals surface area contributed by atoms with E-state index < -0.39 is 0 Å². The van der Waals surface area contributed by atoms with Gasteiger partial charge in [-0.2, -0.15) is 0 Å². The van der Waals surface area contributed by atoms with Crippen LogP contribution in [0.15, 0.2) is 35.2 Å². The highest BCUT2D eigenvalue weighted by Gasteiger charge is 2.09. The molecule has 0 aliphatic carbocycles. The minimum atomic E-state index is -0.233. The highest BCUT2D eigenvalue weighted by molar-refractivity contribution is 7.07. The molecule has 0 aliphatic heterocycles. The van der Waals surface area contributed by atoms with Crippen LogP contribution in [-0.2, 0) is 6.54 Å². The molecule has 0 spiro atoms. The molecule has 0 bridgehead atoms. The van der Waals surface area contributed by atoms with Gasteiger partial charge in [-0.25, -0.2) is 9.37 Å². The molecule has 3 nitrogen and oxygen atoms in total. The van der Waals surface area contributed by atoms with Gasteiger partial charge < -0.3 is 10.6 Å². The van der Waals surface area contributed by atoms with E-state index in [9.17, 15) is 4.39 Å². The number of rotatable bonds is 6. The fraction of sp³-hybridized carbons (Fsp3) is 0.357. The predicted octanol–water partition coefficient (Wildman–Crippen LogP) is 2.80. The largest absolute Gasteiger partial charge is 0.324 e. The van der Waals surface area contributed by atoms with Crippen LogP contribution in [0.1, 0.15) is 23.7 Å². The minimum absolute atomic E-state index is 0.131. The summed E-state index contributed by atoms with van der Waals surface area (Å²) in [6.07, 6.45) is 0.796. The monoisotopic (exact) mass is 279 g/mol. The van der Waals surface area contributed by atoms with Crippen molar-refractivity contribution in [2.75, 3.05) is 13.6 Å². The van der Waals surface area contributed by atoms with Crippen LogP contribution in [0.25, 0.3) is 0 Å². The molecule has 19 heavy (non-hydrogen) atoms. The number of halogens is 1. The molecule has 0 radical (unpaired) electrons. The molecule has 1 atom stereocenters. The van der Waals surface area contributed by atoms with E-state index in [0.717, 1.165) is 30.8 Å². The van der Waals surface area contributed by atoms with Gasteiger partial charge in [0.25, 0.3) is 0 Å². The lowest BCUT2D eigenvalue weighted by Crippen LogP contribution is -2.23. The van der Waals surface area contributed by atoms with Gasteiger partial charge in [-0.3, -0.25) is 0 Å². The van der Waals surface area contributed by atoms with E-state index in [1.165, 1.54) is 12.1 Å². The van der Waals surface area contributed by atoms with Crippen LogP contribution >= 0.6 is 11.3 Å². The summed E-state index contributed by atoms with van der Waals surface area (Å²) in [6, 6.07) is 6.38. The van der Waals surface area contributed by atoms with Crippen molar-refractivity contribution in [2.24, 2.45) is 5.73 Å². The van der Waals surface area contributed by atoms with Gasteiger partial charge in [-0.15, -0.1) is 11.3 Å². The molecular formula is C14H18FN3S. The summed E-state index contributed by atoms with van der Waals surface area (Å²) in [4.78, 5) is 6.42. The lowest BCUT2D eigenvalue weighted by molar-refractivity contribution is 0.308. The molecule has 0 aliphatic rings. The van der Waals surface area contributed by atoms with Gasteiger partial charge in [0, 0.05) is 24.5 Å². The van der Waals surface area contributed by atoms with Crippen molar-refractivity contribution in [1.82, 2.24) is 9.88 Å². The molecule has 1 aromatic carbocycles. The first-order chi connectivity index (χ1) is 9.15. The summed E-state index contributed by atoms with van der Waals surface area (Å²) in [7, 11) is 2.04. The van der Waals surface area contributed by atoms with Gasteiger partial charge in [0.2, 0.25) is 0 Å². The van der Waals surface area contributed by atoms with Crippen LogP contribution in [-0.4, -0.2) is 23.5 Å². The van der Waals surface area contributed by atoms with Crippen molar-refractivity contribution in [2.45, 2.75) is 19.0 Å². The highest BCUT2D eigenvalue weighted by atomic mass is 32.1. The number of benzene rings is 1. The lowest BCUT2D eigenvalue weighted by Gasteiger charge is -2.18. The average Bonchev–Trinajstić information content (AvgIpc) is 2.88. The van der Waals surface area contributed by atoms with Crippen molar-refractivity contribution in [3.63, 3.8) is 0 Å². The fourth-order valence-electron chi connectivity index (χ4n) is 1.93. The van der Waals surface area contributed by atoms with Crippen molar-refractivity contribution in [3.05, 3.63) is 52.2 Å². The molecule has 2 N–H and O–H groups in total. The van der Waals surface area contributed by atoms with Crippen LogP contribution in [0, 0.1) is 5.82 Å². The Labute approximate surface area is 116 Å². The lowest BCUT2D eigenvalue weighted by atomic mass is 10.0. The Balaban J connectivity index is 1.81. The Bertz CT molecular complexity index is 501. The maximum Gasteiger partial charge on any atom is 0.123 e. The molecule has 2 rings (SSSR count). The van der Waals surface area contributed by atoms with E-state index in [4.69, 9.17) is 5.73 Å². The Kier molecular flexibility index (Phi) is 5.01. The maximum absolute atomic E-state index is 13.1. The van der Waals surface area contributed by atoms with E-state index in [2.05, 4.69) is 9.88 Å². The SMILES string of the molecule is CN(CCC(N)c1cccc(F)c1)Cc1cscn1. The van der Waals surface area contributed by atoms with E-state index in [1.807, 2.05) is 24.0 Å². The third-order valence-corrected chi connectivity index (χ3v) is 3.65. The number of thiazole rings is 1. The first-order valence-electron chi connectivity index (χ1n) is 6.22. The molecule has 1 unspecified atom stereocenters. The van der Waals surface area contributed by atoms with Crippen LogP contribution in [0.2, 0.25) is 0 Å². The molecule has 0 amide bonds. The van der Waals surface area contributed by atoms with Crippen LogP contribution in [0.4, 0.5) is 4.39 Å². The van der Waals surface area contributed by atoms with Gasteiger partial charge in [0.1, 0.15) is 5.82 Å². The topological polar surface area (TPSA) is 42.1 Å². The third-order valence-electron chi connectivity index (χ3n) is 3.01. The van der Waals surface area contributed by atoms with E-state index in [1.54, 1.807) is 17.4 Å². The fourth-order valence-corrected chi connectivity index (χ4v) is 2.48.